The van der Waals surface area contributed by atoms with Gasteiger partial charge in [-0.05, 0) is 29.7 Å². The van der Waals surface area contributed by atoms with Gasteiger partial charge in [0.1, 0.15) is 0 Å². The van der Waals surface area contributed by atoms with Gasteiger partial charge in [0.25, 0.3) is 0 Å². The Morgan fingerprint density at radius 2 is 1.83 bits per heavy atom. The Balaban J connectivity index is 2.62. The van der Waals surface area contributed by atoms with Crippen molar-refractivity contribution in [2.24, 2.45) is 11.7 Å². The van der Waals surface area contributed by atoms with Gasteiger partial charge >= 0.3 is 6.18 Å². The number of benzene rings is 1. The Labute approximate surface area is 138 Å². The Hall–Kier alpha value is -2.09. The third kappa shape index (κ3) is 6.99. The molecule has 0 heterocycles. The molecule has 0 aliphatic heterocycles. The van der Waals surface area contributed by atoms with Gasteiger partial charge < -0.3 is 16.4 Å². The first kappa shape index (κ1) is 20.0. The van der Waals surface area contributed by atoms with E-state index in [4.69, 9.17) is 5.73 Å². The predicted octanol–water partition coefficient (Wildman–Crippen LogP) is 2.66. The van der Waals surface area contributed by atoms with Gasteiger partial charge in [-0.3, -0.25) is 9.59 Å². The quantitative estimate of drug-likeness (QED) is 0.710. The molecule has 0 spiro atoms. The van der Waals surface area contributed by atoms with Crippen LogP contribution in [0.15, 0.2) is 18.2 Å². The van der Waals surface area contributed by atoms with E-state index in [2.05, 4.69) is 10.6 Å². The predicted molar refractivity (Wildman–Crippen MR) is 85.0 cm³/mol. The number of carbonyl (C=O) groups excluding carboxylic acids is 2. The van der Waals surface area contributed by atoms with Gasteiger partial charge in [0.05, 0.1) is 5.56 Å². The van der Waals surface area contributed by atoms with Crippen molar-refractivity contribution in [3.05, 3.63) is 29.3 Å². The molecule has 0 bridgehead atoms. The Bertz CT molecular complexity index is 586. The van der Waals surface area contributed by atoms with Crippen LogP contribution in [0.5, 0.6) is 0 Å². The molecule has 0 saturated heterocycles. The van der Waals surface area contributed by atoms with E-state index < -0.39 is 17.6 Å². The van der Waals surface area contributed by atoms with Crippen LogP contribution >= 0.6 is 0 Å². The molecule has 0 radical (unpaired) electrons. The maximum Gasteiger partial charge on any atom is 0.416 e. The number of halogens is 3. The van der Waals surface area contributed by atoms with Gasteiger partial charge in [0, 0.05) is 31.6 Å². The molecule has 8 heteroatoms. The lowest BCUT2D eigenvalue weighted by Crippen LogP contribution is -2.28. The fraction of sp³-hybridized carbons (Fsp3) is 0.500. The van der Waals surface area contributed by atoms with Crippen molar-refractivity contribution < 1.29 is 22.8 Å². The van der Waals surface area contributed by atoms with Crippen molar-refractivity contribution in [3.63, 3.8) is 0 Å². The van der Waals surface area contributed by atoms with Crippen molar-refractivity contribution in [1.29, 1.82) is 0 Å². The van der Waals surface area contributed by atoms with E-state index in [0.717, 1.165) is 12.1 Å². The summed E-state index contributed by atoms with van der Waals surface area (Å²) in [6, 6.07) is 3.20. The molecule has 134 valence electrons. The number of hydrogen-bond donors (Lipinski definition) is 3. The molecule has 5 nitrogen and oxygen atoms in total. The highest BCUT2D eigenvalue weighted by Gasteiger charge is 2.31. The number of hydrogen-bond acceptors (Lipinski definition) is 3. The normalized spacial score (nSPS) is 11.5. The van der Waals surface area contributed by atoms with Crippen LogP contribution in [0.1, 0.15) is 37.8 Å². The van der Waals surface area contributed by atoms with E-state index >= 15 is 0 Å². The number of anilines is 1. The fourth-order valence-corrected chi connectivity index (χ4v) is 2.03. The molecule has 1 aromatic rings. The highest BCUT2D eigenvalue weighted by molar-refractivity contribution is 5.91. The van der Waals surface area contributed by atoms with Crippen LogP contribution in [0.25, 0.3) is 0 Å². The first-order valence-electron chi connectivity index (χ1n) is 7.59. The van der Waals surface area contributed by atoms with E-state index in [1.54, 1.807) is 0 Å². The van der Waals surface area contributed by atoms with Gasteiger partial charge in [-0.15, -0.1) is 0 Å². The maximum atomic E-state index is 12.8. The SMILES string of the molecule is CC(C)CC(=O)NCCC(=O)Nc1cc(CN)cc(C(F)(F)F)c1. The molecule has 1 rings (SSSR count). The van der Waals surface area contributed by atoms with Crippen LogP contribution < -0.4 is 16.4 Å². The molecule has 0 saturated carbocycles. The fourth-order valence-electron chi connectivity index (χ4n) is 2.03. The van der Waals surface area contributed by atoms with Crippen LogP contribution in [0, 0.1) is 5.92 Å². The highest BCUT2D eigenvalue weighted by atomic mass is 19.4. The van der Waals surface area contributed by atoms with Crippen molar-refractivity contribution in [1.82, 2.24) is 5.32 Å². The van der Waals surface area contributed by atoms with E-state index in [9.17, 15) is 22.8 Å². The van der Waals surface area contributed by atoms with Gasteiger partial charge in [-0.2, -0.15) is 13.2 Å². The van der Waals surface area contributed by atoms with E-state index in [0.29, 0.717) is 6.42 Å². The van der Waals surface area contributed by atoms with Gasteiger partial charge in [0.15, 0.2) is 0 Å². The van der Waals surface area contributed by atoms with Crippen molar-refractivity contribution in [3.8, 4) is 0 Å². The molecular weight excluding hydrogens is 323 g/mol. The van der Waals surface area contributed by atoms with Gasteiger partial charge in [-0.25, -0.2) is 0 Å². The van der Waals surface area contributed by atoms with Crippen molar-refractivity contribution >= 4 is 17.5 Å². The second kappa shape index (κ2) is 8.68. The van der Waals surface area contributed by atoms with E-state index in [1.165, 1.54) is 6.07 Å². The van der Waals surface area contributed by atoms with Crippen molar-refractivity contribution in [2.75, 3.05) is 11.9 Å². The lowest BCUT2D eigenvalue weighted by Gasteiger charge is -2.13. The molecule has 0 aromatic heterocycles. The van der Waals surface area contributed by atoms with Gasteiger partial charge in [0.2, 0.25) is 11.8 Å². The van der Waals surface area contributed by atoms with Crippen LogP contribution in [0.3, 0.4) is 0 Å². The third-order valence-electron chi connectivity index (χ3n) is 3.11. The van der Waals surface area contributed by atoms with Crippen LogP contribution in [-0.4, -0.2) is 18.4 Å². The third-order valence-corrected chi connectivity index (χ3v) is 3.11. The number of nitrogens with two attached hydrogens (primary N) is 1. The zero-order valence-corrected chi connectivity index (χ0v) is 13.7. The van der Waals surface area contributed by atoms with Crippen molar-refractivity contribution in [2.45, 2.75) is 39.4 Å². The second-order valence-corrected chi connectivity index (χ2v) is 5.87. The molecule has 2 amide bonds. The monoisotopic (exact) mass is 345 g/mol. The highest BCUT2D eigenvalue weighted by Crippen LogP contribution is 2.32. The lowest BCUT2D eigenvalue weighted by molar-refractivity contribution is -0.137. The Morgan fingerprint density at radius 1 is 1.17 bits per heavy atom. The summed E-state index contributed by atoms with van der Waals surface area (Å²) < 4.78 is 38.4. The molecule has 0 atom stereocenters. The smallest absolute Gasteiger partial charge is 0.356 e. The molecule has 0 unspecified atom stereocenters. The minimum Gasteiger partial charge on any atom is -0.356 e. The lowest BCUT2D eigenvalue weighted by atomic mass is 10.1. The summed E-state index contributed by atoms with van der Waals surface area (Å²) in [4.78, 5) is 23.3. The summed E-state index contributed by atoms with van der Waals surface area (Å²) in [7, 11) is 0. The Morgan fingerprint density at radius 3 is 2.38 bits per heavy atom. The molecule has 1 aromatic carbocycles. The van der Waals surface area contributed by atoms with Crippen LogP contribution in [0.4, 0.5) is 18.9 Å². The summed E-state index contributed by atoms with van der Waals surface area (Å²) in [5.74, 6) is -0.442. The number of rotatable bonds is 7. The summed E-state index contributed by atoms with van der Waals surface area (Å²) in [5, 5.41) is 4.99. The number of alkyl halides is 3. The topological polar surface area (TPSA) is 84.2 Å². The molecular formula is C16H22F3N3O2. The second-order valence-electron chi connectivity index (χ2n) is 5.87. The standard InChI is InChI=1S/C16H22F3N3O2/c1-10(2)5-15(24)21-4-3-14(23)22-13-7-11(9-20)6-12(8-13)16(17,18)19/h6-8,10H,3-5,9,20H2,1-2H3,(H,21,24)(H,22,23). The molecule has 0 aliphatic rings. The summed E-state index contributed by atoms with van der Waals surface area (Å²) in [6.07, 6.45) is -4.19. The molecule has 0 aliphatic carbocycles. The first-order chi connectivity index (χ1) is 11.1. The zero-order valence-electron chi connectivity index (χ0n) is 13.7. The van der Waals surface area contributed by atoms with Crippen LogP contribution in [0.2, 0.25) is 0 Å². The van der Waals surface area contributed by atoms with E-state index in [-0.39, 0.29) is 42.6 Å². The summed E-state index contributed by atoms with van der Waals surface area (Å²) in [5.41, 5.74) is 4.82. The minimum atomic E-state index is -4.52. The molecule has 4 N–H and O–H groups in total. The average Bonchev–Trinajstić information content (AvgIpc) is 2.45. The minimum absolute atomic E-state index is 0.0297. The van der Waals surface area contributed by atoms with E-state index in [1.807, 2.05) is 13.8 Å². The summed E-state index contributed by atoms with van der Waals surface area (Å²) in [6.45, 7) is 3.85. The Kier molecular flexibility index (Phi) is 7.21. The molecule has 0 fully saturated rings. The first-order valence-corrected chi connectivity index (χ1v) is 7.59. The number of amides is 2. The summed E-state index contributed by atoms with van der Waals surface area (Å²) >= 11 is 0. The average molecular weight is 345 g/mol. The van der Waals surface area contributed by atoms with Crippen LogP contribution in [-0.2, 0) is 22.3 Å². The maximum absolute atomic E-state index is 12.8. The van der Waals surface area contributed by atoms with Gasteiger partial charge in [-0.1, -0.05) is 13.8 Å². The largest absolute Gasteiger partial charge is 0.416 e. The zero-order chi connectivity index (χ0) is 18.3. The number of carbonyl (C=O) groups is 2. The number of nitrogens with one attached hydrogen (secondary N) is 2. The molecule has 24 heavy (non-hydrogen) atoms.